The van der Waals surface area contributed by atoms with E-state index in [2.05, 4.69) is 26.1 Å². The number of nitrogens with one attached hydrogen (secondary N) is 1. The lowest BCUT2D eigenvalue weighted by molar-refractivity contribution is 0.0915. The lowest BCUT2D eigenvalue weighted by Crippen LogP contribution is -2.48. The molecule has 1 saturated heterocycles. The van der Waals surface area contributed by atoms with Crippen LogP contribution in [0.3, 0.4) is 0 Å². The first-order valence-corrected chi connectivity index (χ1v) is 6.13. The van der Waals surface area contributed by atoms with Gasteiger partial charge in [-0.25, -0.2) is 4.79 Å². The summed E-state index contributed by atoms with van der Waals surface area (Å²) < 4.78 is 0. The SMILES string of the molecule is CC(C)C1(C)CCN(C(=O)NCCO)CC1. The van der Waals surface area contributed by atoms with Crippen molar-refractivity contribution in [2.75, 3.05) is 26.2 Å². The average molecular weight is 228 g/mol. The molecule has 1 heterocycles. The summed E-state index contributed by atoms with van der Waals surface area (Å²) >= 11 is 0. The van der Waals surface area contributed by atoms with E-state index < -0.39 is 0 Å². The van der Waals surface area contributed by atoms with Crippen molar-refractivity contribution in [2.24, 2.45) is 11.3 Å². The lowest BCUT2D eigenvalue weighted by Gasteiger charge is -2.42. The van der Waals surface area contributed by atoms with Crippen molar-refractivity contribution < 1.29 is 9.90 Å². The molecule has 0 saturated carbocycles. The maximum Gasteiger partial charge on any atom is 0.317 e. The van der Waals surface area contributed by atoms with Gasteiger partial charge in [0.05, 0.1) is 6.61 Å². The molecule has 1 rings (SSSR count). The second-order valence-electron chi connectivity index (χ2n) is 5.25. The summed E-state index contributed by atoms with van der Waals surface area (Å²) in [4.78, 5) is 13.5. The number of likely N-dealkylation sites (tertiary alicyclic amines) is 1. The van der Waals surface area contributed by atoms with Gasteiger partial charge >= 0.3 is 6.03 Å². The molecular weight excluding hydrogens is 204 g/mol. The largest absolute Gasteiger partial charge is 0.395 e. The molecule has 0 aromatic carbocycles. The third-order valence-corrected chi connectivity index (χ3v) is 3.97. The number of aliphatic hydroxyl groups excluding tert-OH is 1. The number of rotatable bonds is 3. The Morgan fingerprint density at radius 3 is 2.44 bits per heavy atom. The number of aliphatic hydroxyl groups is 1. The van der Waals surface area contributed by atoms with Gasteiger partial charge in [-0.1, -0.05) is 20.8 Å². The molecule has 1 aliphatic heterocycles. The van der Waals surface area contributed by atoms with Gasteiger partial charge < -0.3 is 15.3 Å². The molecular formula is C12H24N2O2. The number of piperidine rings is 1. The van der Waals surface area contributed by atoms with Crippen LogP contribution in [0.1, 0.15) is 33.6 Å². The summed E-state index contributed by atoms with van der Waals surface area (Å²) in [7, 11) is 0. The molecule has 2 N–H and O–H groups in total. The predicted octanol–water partition coefficient (Wildman–Crippen LogP) is 1.45. The Bertz CT molecular complexity index is 233. The number of hydrogen-bond donors (Lipinski definition) is 2. The van der Waals surface area contributed by atoms with E-state index in [1.807, 2.05) is 4.90 Å². The summed E-state index contributed by atoms with van der Waals surface area (Å²) in [6.07, 6.45) is 2.13. The first-order valence-electron chi connectivity index (χ1n) is 6.13. The minimum atomic E-state index is -0.0418. The number of carbonyl (C=O) groups excluding carboxylic acids is 1. The summed E-state index contributed by atoms with van der Waals surface area (Å²) in [5.74, 6) is 0.662. The molecule has 0 bridgehead atoms. The van der Waals surface area contributed by atoms with E-state index in [4.69, 9.17) is 5.11 Å². The molecule has 0 aliphatic carbocycles. The van der Waals surface area contributed by atoms with Crippen molar-refractivity contribution in [2.45, 2.75) is 33.6 Å². The summed E-state index contributed by atoms with van der Waals surface area (Å²) in [6.45, 7) is 8.81. The average Bonchev–Trinajstić information content (AvgIpc) is 2.26. The Labute approximate surface area is 98.0 Å². The van der Waals surface area contributed by atoms with Gasteiger partial charge in [0.2, 0.25) is 0 Å². The molecule has 0 aromatic heterocycles. The molecule has 0 aromatic rings. The minimum Gasteiger partial charge on any atom is -0.395 e. The van der Waals surface area contributed by atoms with Crippen molar-refractivity contribution in [3.8, 4) is 0 Å². The highest BCUT2D eigenvalue weighted by Gasteiger charge is 2.34. The Balaban J connectivity index is 2.39. The molecule has 1 fully saturated rings. The highest BCUT2D eigenvalue weighted by atomic mass is 16.3. The van der Waals surface area contributed by atoms with Crippen LogP contribution in [-0.2, 0) is 0 Å². The maximum atomic E-state index is 11.6. The van der Waals surface area contributed by atoms with Crippen LogP contribution in [-0.4, -0.2) is 42.3 Å². The number of hydrogen-bond acceptors (Lipinski definition) is 2. The van der Waals surface area contributed by atoms with Gasteiger partial charge in [0.25, 0.3) is 0 Å². The fraction of sp³-hybridized carbons (Fsp3) is 0.917. The normalized spacial score (nSPS) is 19.9. The van der Waals surface area contributed by atoms with Crippen molar-refractivity contribution in [3.05, 3.63) is 0 Å². The summed E-state index contributed by atoms with van der Waals surface area (Å²) in [5.41, 5.74) is 0.369. The van der Waals surface area contributed by atoms with Crippen LogP contribution < -0.4 is 5.32 Å². The Morgan fingerprint density at radius 2 is 2.00 bits per heavy atom. The predicted molar refractivity (Wildman–Crippen MR) is 64.2 cm³/mol. The Kier molecular flexibility index (Phi) is 4.59. The molecule has 4 nitrogen and oxygen atoms in total. The molecule has 2 amide bonds. The standard InChI is InChI=1S/C12H24N2O2/c1-10(2)12(3)4-7-14(8-5-12)11(16)13-6-9-15/h10,15H,4-9H2,1-3H3,(H,13,16). The van der Waals surface area contributed by atoms with E-state index in [9.17, 15) is 4.79 Å². The molecule has 0 atom stereocenters. The van der Waals surface area contributed by atoms with Gasteiger partial charge in [-0.15, -0.1) is 0 Å². The van der Waals surface area contributed by atoms with Crippen LogP contribution in [0.25, 0.3) is 0 Å². The Morgan fingerprint density at radius 1 is 1.44 bits per heavy atom. The van der Waals surface area contributed by atoms with Crippen molar-refractivity contribution in [1.29, 1.82) is 0 Å². The number of urea groups is 1. The third-order valence-electron chi connectivity index (χ3n) is 3.97. The van der Waals surface area contributed by atoms with E-state index in [-0.39, 0.29) is 12.6 Å². The number of amides is 2. The Hall–Kier alpha value is -0.770. The van der Waals surface area contributed by atoms with E-state index >= 15 is 0 Å². The summed E-state index contributed by atoms with van der Waals surface area (Å²) in [6, 6.07) is -0.0418. The minimum absolute atomic E-state index is 0.00326. The monoisotopic (exact) mass is 228 g/mol. The highest BCUT2D eigenvalue weighted by Crippen LogP contribution is 2.37. The van der Waals surface area contributed by atoms with Crippen LogP contribution in [0.5, 0.6) is 0 Å². The fourth-order valence-electron chi connectivity index (χ4n) is 2.07. The van der Waals surface area contributed by atoms with Crippen LogP contribution in [0.2, 0.25) is 0 Å². The second-order valence-corrected chi connectivity index (χ2v) is 5.25. The second kappa shape index (κ2) is 5.53. The van der Waals surface area contributed by atoms with Crippen LogP contribution in [0, 0.1) is 11.3 Å². The van der Waals surface area contributed by atoms with Gasteiger partial charge in [0, 0.05) is 19.6 Å². The summed E-state index contributed by atoms with van der Waals surface area (Å²) in [5, 5.41) is 11.3. The van der Waals surface area contributed by atoms with Crippen molar-refractivity contribution in [3.63, 3.8) is 0 Å². The van der Waals surface area contributed by atoms with E-state index in [1.54, 1.807) is 0 Å². The van der Waals surface area contributed by atoms with Crippen LogP contribution >= 0.6 is 0 Å². The van der Waals surface area contributed by atoms with Gasteiger partial charge in [-0.2, -0.15) is 0 Å². The number of nitrogens with zero attached hydrogens (tertiary/aromatic N) is 1. The first-order chi connectivity index (χ1) is 7.49. The molecule has 1 aliphatic rings. The maximum absolute atomic E-state index is 11.6. The lowest BCUT2D eigenvalue weighted by atomic mass is 9.72. The van der Waals surface area contributed by atoms with Gasteiger partial charge in [0.15, 0.2) is 0 Å². The molecule has 94 valence electrons. The first kappa shape index (κ1) is 13.3. The molecule has 0 radical (unpaired) electrons. The van der Waals surface area contributed by atoms with E-state index in [0.717, 1.165) is 25.9 Å². The zero-order valence-electron chi connectivity index (χ0n) is 10.6. The number of carbonyl (C=O) groups is 1. The zero-order valence-corrected chi connectivity index (χ0v) is 10.6. The van der Waals surface area contributed by atoms with Gasteiger partial charge in [-0.3, -0.25) is 0 Å². The molecule has 0 unspecified atom stereocenters. The van der Waals surface area contributed by atoms with Crippen LogP contribution in [0.15, 0.2) is 0 Å². The fourth-order valence-corrected chi connectivity index (χ4v) is 2.07. The van der Waals surface area contributed by atoms with Crippen molar-refractivity contribution >= 4 is 6.03 Å². The van der Waals surface area contributed by atoms with E-state index in [0.29, 0.717) is 17.9 Å². The quantitative estimate of drug-likeness (QED) is 0.768. The topological polar surface area (TPSA) is 52.6 Å². The van der Waals surface area contributed by atoms with E-state index in [1.165, 1.54) is 0 Å². The molecule has 16 heavy (non-hydrogen) atoms. The molecule has 4 heteroatoms. The highest BCUT2D eigenvalue weighted by molar-refractivity contribution is 5.74. The smallest absolute Gasteiger partial charge is 0.317 e. The zero-order chi connectivity index (χ0) is 12.2. The van der Waals surface area contributed by atoms with Crippen LogP contribution in [0.4, 0.5) is 4.79 Å². The molecule has 0 spiro atoms. The van der Waals surface area contributed by atoms with Gasteiger partial charge in [0.1, 0.15) is 0 Å². The van der Waals surface area contributed by atoms with Crippen molar-refractivity contribution in [1.82, 2.24) is 10.2 Å². The third kappa shape index (κ3) is 3.11. The van der Waals surface area contributed by atoms with Gasteiger partial charge in [-0.05, 0) is 24.2 Å².